The topological polar surface area (TPSA) is 66.4 Å². The first-order chi connectivity index (χ1) is 8.89. The molecule has 0 spiro atoms. The van der Waals surface area contributed by atoms with E-state index >= 15 is 0 Å². The molecule has 0 unspecified atom stereocenters. The fourth-order valence-corrected chi connectivity index (χ4v) is 3.93. The minimum Gasteiger partial charge on any atom is -0.391 e. The van der Waals surface area contributed by atoms with Crippen LogP contribution >= 0.6 is 0 Å². The zero-order valence-corrected chi connectivity index (χ0v) is 12.2. The van der Waals surface area contributed by atoms with Gasteiger partial charge in [0.2, 0.25) is 10.0 Å². The molecule has 2 rings (SSSR count). The maximum atomic E-state index is 12.0. The van der Waals surface area contributed by atoms with Crippen molar-refractivity contribution in [3.05, 3.63) is 35.4 Å². The molecule has 0 saturated heterocycles. The number of hydrogen-bond donors (Lipinski definition) is 2. The molecule has 4 nitrogen and oxygen atoms in total. The van der Waals surface area contributed by atoms with E-state index in [1.54, 1.807) is 0 Å². The second-order valence-corrected chi connectivity index (χ2v) is 7.44. The highest BCUT2D eigenvalue weighted by molar-refractivity contribution is 7.89. The Kier molecular flexibility index (Phi) is 4.28. The lowest BCUT2D eigenvalue weighted by Gasteiger charge is -2.18. The van der Waals surface area contributed by atoms with Crippen LogP contribution in [-0.2, 0) is 16.4 Å². The largest absolute Gasteiger partial charge is 0.391 e. The highest BCUT2D eigenvalue weighted by atomic mass is 32.2. The van der Waals surface area contributed by atoms with Gasteiger partial charge in [-0.15, -0.1) is 0 Å². The number of aliphatic hydroxyl groups excluding tert-OH is 1. The highest BCUT2D eigenvalue weighted by Gasteiger charge is 2.33. The van der Waals surface area contributed by atoms with Crippen molar-refractivity contribution >= 4 is 10.0 Å². The SMILES string of the molecule is CC(C)CCS(=O)(=O)N[C@@H]1c2ccccc2C[C@@H]1O. The first-order valence-corrected chi connectivity index (χ1v) is 8.30. The van der Waals surface area contributed by atoms with E-state index in [0.29, 0.717) is 18.8 Å². The number of benzene rings is 1. The Hall–Kier alpha value is -0.910. The van der Waals surface area contributed by atoms with E-state index in [-0.39, 0.29) is 5.75 Å². The van der Waals surface area contributed by atoms with Gasteiger partial charge in [-0.25, -0.2) is 13.1 Å². The number of rotatable bonds is 5. The molecule has 0 heterocycles. The molecule has 1 aliphatic carbocycles. The Balaban J connectivity index is 2.11. The van der Waals surface area contributed by atoms with Gasteiger partial charge in [0.1, 0.15) is 0 Å². The fraction of sp³-hybridized carbons (Fsp3) is 0.571. The van der Waals surface area contributed by atoms with E-state index in [1.165, 1.54) is 0 Å². The molecule has 0 radical (unpaired) electrons. The monoisotopic (exact) mass is 283 g/mol. The summed E-state index contributed by atoms with van der Waals surface area (Å²) in [5, 5.41) is 10.0. The van der Waals surface area contributed by atoms with Crippen LogP contribution in [0.25, 0.3) is 0 Å². The third kappa shape index (κ3) is 3.55. The molecule has 0 aromatic heterocycles. The predicted octanol–water partition coefficient (Wildman–Crippen LogP) is 1.61. The van der Waals surface area contributed by atoms with Crippen LogP contribution in [-0.4, -0.2) is 25.4 Å². The molecule has 1 aromatic carbocycles. The Morgan fingerprint density at radius 2 is 2.05 bits per heavy atom. The zero-order valence-electron chi connectivity index (χ0n) is 11.3. The average molecular weight is 283 g/mol. The minimum absolute atomic E-state index is 0.107. The second-order valence-electron chi connectivity index (χ2n) is 5.57. The van der Waals surface area contributed by atoms with Gasteiger partial charge in [-0.2, -0.15) is 0 Å². The van der Waals surface area contributed by atoms with Crippen molar-refractivity contribution in [1.29, 1.82) is 0 Å². The van der Waals surface area contributed by atoms with Gasteiger partial charge in [-0.05, 0) is 23.5 Å². The lowest BCUT2D eigenvalue weighted by atomic mass is 10.1. The maximum Gasteiger partial charge on any atom is 0.212 e. The van der Waals surface area contributed by atoms with E-state index in [0.717, 1.165) is 11.1 Å². The number of aliphatic hydroxyl groups is 1. The number of hydrogen-bond acceptors (Lipinski definition) is 3. The molecule has 2 N–H and O–H groups in total. The van der Waals surface area contributed by atoms with Gasteiger partial charge in [-0.3, -0.25) is 0 Å². The summed E-state index contributed by atoms with van der Waals surface area (Å²) >= 11 is 0. The second kappa shape index (κ2) is 5.61. The van der Waals surface area contributed by atoms with Crippen LogP contribution in [0.1, 0.15) is 37.4 Å². The van der Waals surface area contributed by atoms with Gasteiger partial charge in [0.05, 0.1) is 17.9 Å². The molecular formula is C14H21NO3S. The van der Waals surface area contributed by atoms with Crippen molar-refractivity contribution in [1.82, 2.24) is 4.72 Å². The standard InChI is InChI=1S/C14H21NO3S/c1-10(2)7-8-19(17,18)15-14-12-6-4-3-5-11(12)9-13(14)16/h3-6,10,13-16H,7-9H2,1-2H3/t13-,14+/m0/s1. The molecule has 0 bridgehead atoms. The first-order valence-electron chi connectivity index (χ1n) is 6.65. The highest BCUT2D eigenvalue weighted by Crippen LogP contribution is 2.31. The molecule has 1 aliphatic rings. The van der Waals surface area contributed by atoms with Crippen LogP contribution in [0, 0.1) is 5.92 Å². The predicted molar refractivity (Wildman–Crippen MR) is 75.3 cm³/mol. The third-order valence-corrected chi connectivity index (χ3v) is 4.86. The third-order valence-electron chi connectivity index (χ3n) is 3.47. The fourth-order valence-electron chi connectivity index (χ4n) is 2.36. The van der Waals surface area contributed by atoms with E-state index in [9.17, 15) is 13.5 Å². The van der Waals surface area contributed by atoms with Gasteiger partial charge < -0.3 is 5.11 Å². The molecule has 106 valence electrons. The van der Waals surface area contributed by atoms with Gasteiger partial charge in [-0.1, -0.05) is 38.1 Å². The molecule has 0 aliphatic heterocycles. The molecule has 0 amide bonds. The summed E-state index contributed by atoms with van der Waals surface area (Å²) in [5.74, 6) is 0.452. The van der Waals surface area contributed by atoms with Gasteiger partial charge >= 0.3 is 0 Å². The van der Waals surface area contributed by atoms with E-state index in [2.05, 4.69) is 4.72 Å². The molecule has 0 saturated carbocycles. The Morgan fingerprint density at radius 3 is 2.74 bits per heavy atom. The van der Waals surface area contributed by atoms with Crippen LogP contribution in [0.15, 0.2) is 24.3 Å². The lowest BCUT2D eigenvalue weighted by molar-refractivity contribution is 0.151. The van der Waals surface area contributed by atoms with Crippen molar-refractivity contribution < 1.29 is 13.5 Å². The van der Waals surface area contributed by atoms with E-state index in [1.807, 2.05) is 38.1 Å². The average Bonchev–Trinajstić information content (AvgIpc) is 2.64. The maximum absolute atomic E-state index is 12.0. The molecular weight excluding hydrogens is 262 g/mol. The van der Waals surface area contributed by atoms with Crippen molar-refractivity contribution in [3.8, 4) is 0 Å². The van der Waals surface area contributed by atoms with Gasteiger partial charge in [0.25, 0.3) is 0 Å². The Morgan fingerprint density at radius 1 is 1.37 bits per heavy atom. The molecule has 1 aromatic rings. The van der Waals surface area contributed by atoms with Crippen LogP contribution in [0.3, 0.4) is 0 Å². The summed E-state index contributed by atoms with van der Waals surface area (Å²) in [4.78, 5) is 0. The summed E-state index contributed by atoms with van der Waals surface area (Å²) in [5.41, 5.74) is 1.91. The normalized spacial score (nSPS) is 22.7. The number of fused-ring (bicyclic) bond motifs is 1. The summed E-state index contributed by atoms with van der Waals surface area (Å²) in [7, 11) is -3.35. The van der Waals surface area contributed by atoms with Gasteiger partial charge in [0.15, 0.2) is 0 Å². The molecule has 2 atom stereocenters. The summed E-state index contributed by atoms with van der Waals surface area (Å²) in [6.07, 6.45) is 0.457. The van der Waals surface area contributed by atoms with Crippen LogP contribution in [0.4, 0.5) is 0 Å². The summed E-state index contributed by atoms with van der Waals surface area (Å²) < 4.78 is 26.7. The Bertz CT molecular complexity index is 539. The van der Waals surface area contributed by atoms with E-state index in [4.69, 9.17) is 0 Å². The quantitative estimate of drug-likeness (QED) is 0.863. The zero-order chi connectivity index (χ0) is 14.0. The molecule has 19 heavy (non-hydrogen) atoms. The van der Waals surface area contributed by atoms with Crippen molar-refractivity contribution in [3.63, 3.8) is 0 Å². The molecule has 0 fully saturated rings. The smallest absolute Gasteiger partial charge is 0.212 e. The van der Waals surface area contributed by atoms with Crippen LogP contribution < -0.4 is 4.72 Å². The number of nitrogens with one attached hydrogen (secondary N) is 1. The van der Waals surface area contributed by atoms with Crippen LogP contribution in [0.2, 0.25) is 0 Å². The van der Waals surface area contributed by atoms with Crippen molar-refractivity contribution in [2.45, 2.75) is 38.8 Å². The number of sulfonamides is 1. The van der Waals surface area contributed by atoms with E-state index < -0.39 is 22.2 Å². The van der Waals surface area contributed by atoms with Crippen molar-refractivity contribution in [2.24, 2.45) is 5.92 Å². The molecule has 5 heteroatoms. The van der Waals surface area contributed by atoms with Gasteiger partial charge in [0, 0.05) is 6.42 Å². The lowest BCUT2D eigenvalue weighted by Crippen LogP contribution is -2.35. The van der Waals surface area contributed by atoms with Crippen LogP contribution in [0.5, 0.6) is 0 Å². The minimum atomic E-state index is -3.35. The van der Waals surface area contributed by atoms with Crippen molar-refractivity contribution in [2.75, 3.05) is 5.75 Å². The first kappa shape index (κ1) is 14.5. The summed E-state index contributed by atoms with van der Waals surface area (Å²) in [6, 6.07) is 7.07. The Labute approximate surface area is 114 Å². The summed E-state index contributed by atoms with van der Waals surface area (Å²) in [6.45, 7) is 3.99.